The number of amides is 1. The normalized spacial score (nSPS) is 10.4. The van der Waals surface area contributed by atoms with Gasteiger partial charge < -0.3 is 19.5 Å². The number of rotatable bonds is 10. The molecule has 0 heterocycles. The van der Waals surface area contributed by atoms with E-state index < -0.39 is 11.9 Å². The number of ether oxygens (including phenoxy) is 3. The van der Waals surface area contributed by atoms with Gasteiger partial charge in [0.25, 0.3) is 5.91 Å². The summed E-state index contributed by atoms with van der Waals surface area (Å²) in [5, 5.41) is 2.66. The van der Waals surface area contributed by atoms with Crippen LogP contribution in [0.3, 0.4) is 0 Å². The van der Waals surface area contributed by atoms with Crippen molar-refractivity contribution in [2.75, 3.05) is 26.9 Å². The third-order valence-electron chi connectivity index (χ3n) is 3.96. The molecule has 0 unspecified atom stereocenters. The number of hydrogen-bond acceptors (Lipinski definition) is 5. The van der Waals surface area contributed by atoms with Crippen LogP contribution in [0.25, 0.3) is 0 Å². The van der Waals surface area contributed by atoms with Crippen LogP contribution in [-0.2, 0) is 27.3 Å². The third kappa shape index (κ3) is 6.66. The van der Waals surface area contributed by atoms with Crippen molar-refractivity contribution in [3.8, 4) is 5.75 Å². The van der Waals surface area contributed by atoms with E-state index in [1.807, 2.05) is 6.92 Å². The van der Waals surface area contributed by atoms with Crippen LogP contribution < -0.4 is 10.1 Å². The fourth-order valence-electron chi connectivity index (χ4n) is 2.49. The van der Waals surface area contributed by atoms with Gasteiger partial charge in [0, 0.05) is 18.7 Å². The summed E-state index contributed by atoms with van der Waals surface area (Å²) in [4.78, 5) is 24.0. The molecule has 0 bridgehead atoms. The minimum Gasteiger partial charge on any atom is -0.496 e. The van der Waals surface area contributed by atoms with E-state index in [2.05, 4.69) is 5.32 Å². The quantitative estimate of drug-likeness (QED) is 0.633. The molecule has 6 nitrogen and oxygen atoms in total. The van der Waals surface area contributed by atoms with Gasteiger partial charge in [0.2, 0.25) is 0 Å². The Bertz CT molecular complexity index is 792. The maximum atomic E-state index is 12.8. The molecule has 28 heavy (non-hydrogen) atoms. The van der Waals surface area contributed by atoms with Crippen molar-refractivity contribution >= 4 is 11.9 Å². The molecule has 1 amide bonds. The highest BCUT2D eigenvalue weighted by Gasteiger charge is 2.13. The lowest BCUT2D eigenvalue weighted by Gasteiger charge is -2.11. The lowest BCUT2D eigenvalue weighted by molar-refractivity contribution is -0.124. The van der Waals surface area contributed by atoms with E-state index in [-0.39, 0.29) is 12.4 Å². The van der Waals surface area contributed by atoms with Crippen molar-refractivity contribution in [2.24, 2.45) is 0 Å². The van der Waals surface area contributed by atoms with E-state index >= 15 is 0 Å². The van der Waals surface area contributed by atoms with Gasteiger partial charge in [-0.25, -0.2) is 9.18 Å². The largest absolute Gasteiger partial charge is 0.496 e. The molecule has 150 valence electrons. The van der Waals surface area contributed by atoms with Crippen molar-refractivity contribution in [2.45, 2.75) is 20.0 Å². The minimum absolute atomic E-state index is 0.303. The van der Waals surface area contributed by atoms with E-state index in [9.17, 15) is 14.0 Å². The molecule has 7 heteroatoms. The van der Waals surface area contributed by atoms with E-state index in [0.717, 1.165) is 11.1 Å². The lowest BCUT2D eigenvalue weighted by Crippen LogP contribution is -2.30. The molecule has 0 saturated heterocycles. The summed E-state index contributed by atoms with van der Waals surface area (Å²) >= 11 is 0. The van der Waals surface area contributed by atoms with E-state index in [0.29, 0.717) is 37.5 Å². The van der Waals surface area contributed by atoms with Crippen LogP contribution in [0.2, 0.25) is 0 Å². The molecule has 0 aliphatic rings. The molecular weight excluding hydrogens is 365 g/mol. The molecule has 0 atom stereocenters. The third-order valence-corrected chi connectivity index (χ3v) is 3.96. The highest BCUT2D eigenvalue weighted by atomic mass is 19.1. The highest BCUT2D eigenvalue weighted by Crippen LogP contribution is 2.21. The average Bonchev–Trinajstić information content (AvgIpc) is 2.71. The number of hydrogen-bond donors (Lipinski definition) is 1. The first-order valence-electron chi connectivity index (χ1n) is 8.96. The van der Waals surface area contributed by atoms with E-state index in [4.69, 9.17) is 14.2 Å². The molecule has 2 rings (SSSR count). The zero-order chi connectivity index (χ0) is 20.4. The molecule has 0 saturated carbocycles. The Morgan fingerprint density at radius 1 is 1.11 bits per heavy atom. The van der Waals surface area contributed by atoms with Gasteiger partial charge in [0.15, 0.2) is 6.61 Å². The van der Waals surface area contributed by atoms with Crippen LogP contribution in [-0.4, -0.2) is 38.7 Å². The molecule has 1 N–H and O–H groups in total. The van der Waals surface area contributed by atoms with Crippen LogP contribution in [0.15, 0.2) is 42.5 Å². The Morgan fingerprint density at radius 2 is 1.86 bits per heavy atom. The Labute approximate surface area is 163 Å². The van der Waals surface area contributed by atoms with Crippen molar-refractivity contribution in [3.05, 3.63) is 65.0 Å². The number of carbonyl (C=O) groups is 2. The van der Waals surface area contributed by atoms with Crippen molar-refractivity contribution in [3.63, 3.8) is 0 Å². The number of nitrogens with one attached hydrogen (secondary N) is 1. The molecule has 0 aliphatic carbocycles. The molecule has 2 aromatic carbocycles. The van der Waals surface area contributed by atoms with E-state index in [1.54, 1.807) is 37.4 Å². The van der Waals surface area contributed by atoms with Crippen LogP contribution >= 0.6 is 0 Å². The summed E-state index contributed by atoms with van der Waals surface area (Å²) in [6.45, 7) is 2.71. The lowest BCUT2D eigenvalue weighted by atomic mass is 10.1. The van der Waals surface area contributed by atoms with Crippen LogP contribution in [0.4, 0.5) is 4.39 Å². The zero-order valence-corrected chi connectivity index (χ0v) is 16.0. The van der Waals surface area contributed by atoms with Crippen LogP contribution in [0.1, 0.15) is 28.4 Å². The zero-order valence-electron chi connectivity index (χ0n) is 16.0. The summed E-state index contributed by atoms with van der Waals surface area (Å²) < 4.78 is 28.5. The van der Waals surface area contributed by atoms with Crippen molar-refractivity contribution in [1.29, 1.82) is 0 Å². The van der Waals surface area contributed by atoms with Crippen molar-refractivity contribution in [1.82, 2.24) is 5.32 Å². The van der Waals surface area contributed by atoms with Gasteiger partial charge in [-0.05, 0) is 49.2 Å². The molecule has 0 spiro atoms. The van der Waals surface area contributed by atoms with Gasteiger partial charge in [-0.2, -0.15) is 0 Å². The van der Waals surface area contributed by atoms with Gasteiger partial charge in [0.05, 0.1) is 19.3 Å². The molecular formula is C21H24FNO5. The maximum Gasteiger partial charge on any atom is 0.338 e. The van der Waals surface area contributed by atoms with Gasteiger partial charge in [-0.3, -0.25) is 4.79 Å². The molecule has 0 aliphatic heterocycles. The monoisotopic (exact) mass is 389 g/mol. The first kappa shape index (κ1) is 21.4. The standard InChI is InChI=1S/C21H24FNO5/c1-3-27-13-17-12-16(6-9-19(17)26-2)21(25)28-14-20(24)23-11-10-15-4-7-18(22)8-5-15/h4-9,12H,3,10-11,13-14H2,1-2H3,(H,23,24). The van der Waals surface area contributed by atoms with Crippen LogP contribution in [0, 0.1) is 5.82 Å². The Balaban J connectivity index is 1.80. The van der Waals surface area contributed by atoms with E-state index in [1.165, 1.54) is 12.1 Å². The fraction of sp³-hybridized carbons (Fsp3) is 0.333. The van der Waals surface area contributed by atoms with Gasteiger partial charge in [-0.15, -0.1) is 0 Å². The Morgan fingerprint density at radius 3 is 2.54 bits per heavy atom. The number of halogens is 1. The van der Waals surface area contributed by atoms with Gasteiger partial charge >= 0.3 is 5.97 Å². The van der Waals surface area contributed by atoms with Gasteiger partial charge in [0.1, 0.15) is 11.6 Å². The average molecular weight is 389 g/mol. The Kier molecular flexibility index (Phi) is 8.42. The summed E-state index contributed by atoms with van der Waals surface area (Å²) in [6, 6.07) is 10.9. The number of methoxy groups -OCH3 is 1. The molecule has 0 radical (unpaired) electrons. The molecule has 0 fully saturated rings. The SMILES string of the molecule is CCOCc1cc(C(=O)OCC(=O)NCCc2ccc(F)cc2)ccc1OC. The summed E-state index contributed by atoms with van der Waals surface area (Å²) in [7, 11) is 1.54. The highest BCUT2D eigenvalue weighted by molar-refractivity contribution is 5.91. The number of benzene rings is 2. The summed E-state index contributed by atoms with van der Waals surface area (Å²) in [6.07, 6.45) is 0.555. The molecule has 2 aromatic rings. The topological polar surface area (TPSA) is 73.9 Å². The predicted octanol–water partition coefficient (Wildman–Crippen LogP) is 2.89. The number of carbonyl (C=O) groups excluding carboxylic acids is 2. The first-order valence-corrected chi connectivity index (χ1v) is 8.96. The van der Waals surface area contributed by atoms with Gasteiger partial charge in [-0.1, -0.05) is 12.1 Å². The van der Waals surface area contributed by atoms with Crippen molar-refractivity contribution < 1.29 is 28.2 Å². The Hall–Kier alpha value is -2.93. The minimum atomic E-state index is -0.603. The summed E-state index contributed by atoms with van der Waals surface area (Å²) in [5.74, 6) is -0.696. The summed E-state index contributed by atoms with van der Waals surface area (Å²) in [5.41, 5.74) is 1.94. The second-order valence-electron chi connectivity index (χ2n) is 5.97. The fourth-order valence-corrected chi connectivity index (χ4v) is 2.49. The second-order valence-corrected chi connectivity index (χ2v) is 5.97. The predicted molar refractivity (Wildman–Crippen MR) is 102 cm³/mol. The number of esters is 1. The first-order chi connectivity index (χ1) is 13.5. The maximum absolute atomic E-state index is 12.8. The molecule has 0 aromatic heterocycles. The smallest absolute Gasteiger partial charge is 0.338 e. The van der Waals surface area contributed by atoms with Crippen LogP contribution in [0.5, 0.6) is 5.75 Å². The second kappa shape index (κ2) is 11.0.